The first-order valence-corrected chi connectivity index (χ1v) is 9.06. The summed E-state index contributed by atoms with van der Waals surface area (Å²) in [5.41, 5.74) is 2.98. The molecule has 3 rings (SSSR count). The Kier molecular flexibility index (Phi) is 4.68. The van der Waals surface area contributed by atoms with Crippen molar-refractivity contribution >= 4 is 17.4 Å². The lowest BCUT2D eigenvalue weighted by molar-refractivity contribution is -0.123. The summed E-state index contributed by atoms with van der Waals surface area (Å²) in [6, 6.07) is 14.5. The summed E-state index contributed by atoms with van der Waals surface area (Å²) in [7, 11) is 0. The van der Waals surface area contributed by atoms with Crippen molar-refractivity contribution in [2.24, 2.45) is 5.41 Å². The summed E-state index contributed by atoms with van der Waals surface area (Å²) < 4.78 is 0. The molecule has 2 aromatic carbocycles. The number of amides is 1. The van der Waals surface area contributed by atoms with Crippen molar-refractivity contribution in [1.29, 1.82) is 0 Å². The van der Waals surface area contributed by atoms with Crippen molar-refractivity contribution in [3.8, 4) is 0 Å². The van der Waals surface area contributed by atoms with Crippen molar-refractivity contribution in [3.05, 3.63) is 76.6 Å². The van der Waals surface area contributed by atoms with Crippen LogP contribution in [0.4, 0.5) is 5.69 Å². The van der Waals surface area contributed by atoms with E-state index in [0.29, 0.717) is 5.69 Å². The third kappa shape index (κ3) is 3.27. The van der Waals surface area contributed by atoms with Crippen LogP contribution < -0.4 is 4.90 Å². The Bertz CT molecular complexity index is 933. The molecule has 1 atom stereocenters. The van der Waals surface area contributed by atoms with Crippen LogP contribution in [-0.4, -0.2) is 16.8 Å². The number of rotatable bonds is 3. The third-order valence-corrected chi connectivity index (χ3v) is 4.93. The highest BCUT2D eigenvalue weighted by Gasteiger charge is 2.46. The smallest absolute Gasteiger partial charge is 0.294 e. The predicted molar refractivity (Wildman–Crippen MR) is 107 cm³/mol. The Morgan fingerprint density at radius 3 is 2.15 bits per heavy atom. The van der Waals surface area contributed by atoms with Crippen LogP contribution in [0.15, 0.2) is 59.9 Å². The average molecular weight is 363 g/mol. The molecule has 0 aliphatic carbocycles. The van der Waals surface area contributed by atoms with E-state index in [9.17, 15) is 14.7 Å². The van der Waals surface area contributed by atoms with E-state index in [1.807, 2.05) is 62.4 Å². The van der Waals surface area contributed by atoms with Crippen LogP contribution in [0.2, 0.25) is 0 Å². The SMILES string of the molecule is Cc1ccc(N2C(=O)C(O)=C(C(=O)C(C)(C)C)C2c2ccccc2C)cc1. The topological polar surface area (TPSA) is 57.6 Å². The molecule has 1 N–H and O–H groups in total. The number of aryl methyl sites for hydroxylation is 2. The Hall–Kier alpha value is -2.88. The first-order valence-electron chi connectivity index (χ1n) is 9.06. The van der Waals surface area contributed by atoms with E-state index in [1.54, 1.807) is 20.8 Å². The zero-order valence-electron chi connectivity index (χ0n) is 16.4. The van der Waals surface area contributed by atoms with Crippen LogP contribution >= 0.6 is 0 Å². The van der Waals surface area contributed by atoms with Gasteiger partial charge in [0.25, 0.3) is 5.91 Å². The van der Waals surface area contributed by atoms with E-state index >= 15 is 0 Å². The number of hydrogen-bond acceptors (Lipinski definition) is 3. The number of anilines is 1. The molecule has 0 bridgehead atoms. The first-order chi connectivity index (χ1) is 12.6. The number of nitrogens with zero attached hydrogens (tertiary/aromatic N) is 1. The summed E-state index contributed by atoms with van der Waals surface area (Å²) >= 11 is 0. The number of aliphatic hydroxyl groups is 1. The zero-order valence-corrected chi connectivity index (χ0v) is 16.4. The van der Waals surface area contributed by atoms with E-state index in [1.165, 1.54) is 4.90 Å². The Labute approximate surface area is 160 Å². The number of aliphatic hydroxyl groups excluding tert-OH is 1. The summed E-state index contributed by atoms with van der Waals surface area (Å²) in [6.45, 7) is 9.30. The fourth-order valence-corrected chi connectivity index (χ4v) is 3.40. The van der Waals surface area contributed by atoms with Crippen LogP contribution in [0.5, 0.6) is 0 Å². The lowest BCUT2D eigenvalue weighted by atomic mass is 9.81. The third-order valence-electron chi connectivity index (χ3n) is 4.93. The normalized spacial score (nSPS) is 17.6. The number of Topliss-reactive ketones (excluding diaryl/α,β-unsaturated/α-hetero) is 1. The average Bonchev–Trinajstić information content (AvgIpc) is 2.86. The quantitative estimate of drug-likeness (QED) is 0.851. The van der Waals surface area contributed by atoms with Crippen LogP contribution in [-0.2, 0) is 9.59 Å². The van der Waals surface area contributed by atoms with E-state index < -0.39 is 23.1 Å². The standard InChI is InChI=1S/C23H25NO3/c1-14-10-12-16(13-11-14)24-19(17-9-7-6-8-15(17)2)18(20(25)22(24)27)21(26)23(3,4)5/h6-13,19,25H,1-5H3. The molecule has 0 aromatic heterocycles. The highest BCUT2D eigenvalue weighted by Crippen LogP contribution is 2.44. The number of carbonyl (C=O) groups is 2. The molecule has 0 saturated heterocycles. The van der Waals surface area contributed by atoms with E-state index in [2.05, 4.69) is 0 Å². The fraction of sp³-hybridized carbons (Fsp3) is 0.304. The van der Waals surface area contributed by atoms with Crippen LogP contribution in [0, 0.1) is 19.3 Å². The molecule has 0 radical (unpaired) electrons. The molecule has 4 heteroatoms. The molecule has 140 valence electrons. The molecule has 0 saturated carbocycles. The van der Waals surface area contributed by atoms with Gasteiger partial charge in [0.15, 0.2) is 11.5 Å². The highest BCUT2D eigenvalue weighted by molar-refractivity contribution is 6.17. The summed E-state index contributed by atoms with van der Waals surface area (Å²) in [6.07, 6.45) is 0. The molecule has 1 unspecified atom stereocenters. The van der Waals surface area contributed by atoms with E-state index in [4.69, 9.17) is 0 Å². The molecule has 27 heavy (non-hydrogen) atoms. The maximum absolute atomic E-state index is 13.2. The largest absolute Gasteiger partial charge is 0.503 e. The molecule has 1 aliphatic rings. The highest BCUT2D eigenvalue weighted by atomic mass is 16.3. The molecule has 1 amide bonds. The second-order valence-corrected chi connectivity index (χ2v) is 8.11. The Morgan fingerprint density at radius 1 is 1.00 bits per heavy atom. The molecule has 0 fully saturated rings. The van der Waals surface area contributed by atoms with Gasteiger partial charge in [0.2, 0.25) is 0 Å². The monoisotopic (exact) mass is 363 g/mol. The van der Waals surface area contributed by atoms with Crippen molar-refractivity contribution in [2.75, 3.05) is 4.90 Å². The van der Waals surface area contributed by atoms with Crippen molar-refractivity contribution in [2.45, 2.75) is 40.7 Å². The minimum Gasteiger partial charge on any atom is -0.503 e. The summed E-state index contributed by atoms with van der Waals surface area (Å²) in [4.78, 5) is 27.7. The van der Waals surface area contributed by atoms with Gasteiger partial charge in [0, 0.05) is 11.1 Å². The molecule has 1 aliphatic heterocycles. The van der Waals surface area contributed by atoms with Gasteiger partial charge in [-0.05, 0) is 37.1 Å². The second-order valence-electron chi connectivity index (χ2n) is 8.11. The lowest BCUT2D eigenvalue weighted by Gasteiger charge is -2.30. The number of ketones is 1. The Balaban J connectivity index is 2.23. The van der Waals surface area contributed by atoms with Crippen molar-refractivity contribution in [3.63, 3.8) is 0 Å². The molecule has 4 nitrogen and oxygen atoms in total. The zero-order chi connectivity index (χ0) is 19.9. The van der Waals surface area contributed by atoms with Gasteiger partial charge in [-0.1, -0.05) is 62.7 Å². The minimum absolute atomic E-state index is 0.169. The Morgan fingerprint density at radius 2 is 1.59 bits per heavy atom. The van der Waals surface area contributed by atoms with Crippen LogP contribution in [0.1, 0.15) is 43.5 Å². The molecule has 2 aromatic rings. The number of hydrogen-bond donors (Lipinski definition) is 1. The summed E-state index contributed by atoms with van der Waals surface area (Å²) in [5.74, 6) is -1.22. The van der Waals surface area contributed by atoms with Gasteiger partial charge < -0.3 is 5.11 Å². The van der Waals surface area contributed by atoms with Gasteiger partial charge in [-0.15, -0.1) is 0 Å². The van der Waals surface area contributed by atoms with Crippen LogP contribution in [0.3, 0.4) is 0 Å². The van der Waals surface area contributed by atoms with Gasteiger partial charge in [-0.25, -0.2) is 0 Å². The van der Waals surface area contributed by atoms with Crippen molar-refractivity contribution in [1.82, 2.24) is 0 Å². The van der Waals surface area contributed by atoms with Gasteiger partial charge in [-0.2, -0.15) is 0 Å². The number of benzene rings is 2. The van der Waals surface area contributed by atoms with Gasteiger partial charge in [0.05, 0.1) is 11.6 Å². The molecular weight excluding hydrogens is 338 g/mol. The minimum atomic E-state index is -0.714. The lowest BCUT2D eigenvalue weighted by Crippen LogP contribution is -2.33. The molecule has 1 heterocycles. The van der Waals surface area contributed by atoms with E-state index in [0.717, 1.165) is 16.7 Å². The number of carbonyl (C=O) groups excluding carboxylic acids is 2. The summed E-state index contributed by atoms with van der Waals surface area (Å²) in [5, 5.41) is 10.7. The maximum Gasteiger partial charge on any atom is 0.294 e. The van der Waals surface area contributed by atoms with Crippen LogP contribution in [0.25, 0.3) is 0 Å². The van der Waals surface area contributed by atoms with Gasteiger partial charge in [0.1, 0.15) is 0 Å². The molecular formula is C23H25NO3. The predicted octanol–water partition coefficient (Wildman–Crippen LogP) is 4.82. The molecule has 0 spiro atoms. The first kappa shape index (κ1) is 18.9. The maximum atomic E-state index is 13.2. The van der Waals surface area contributed by atoms with E-state index in [-0.39, 0.29) is 11.4 Å². The van der Waals surface area contributed by atoms with Gasteiger partial charge >= 0.3 is 0 Å². The van der Waals surface area contributed by atoms with Gasteiger partial charge in [-0.3, -0.25) is 14.5 Å². The fourth-order valence-electron chi connectivity index (χ4n) is 3.40. The van der Waals surface area contributed by atoms with Crippen molar-refractivity contribution < 1.29 is 14.7 Å². The second kappa shape index (κ2) is 6.69.